The molecular formula is C24H23N3O6S. The molecule has 0 spiro atoms. The van der Waals surface area contributed by atoms with Gasteiger partial charge < -0.3 is 9.52 Å². The summed E-state index contributed by atoms with van der Waals surface area (Å²) in [5.74, 6) is -0.360. The number of para-hydroxylation sites is 1. The Hall–Kier alpha value is -3.92. The number of carbonyl (C=O) groups excluding carboxylic acids is 1. The summed E-state index contributed by atoms with van der Waals surface area (Å²) >= 11 is 0. The Kier molecular flexibility index (Phi) is 6.51. The molecule has 9 nitrogen and oxygen atoms in total. The van der Waals surface area contributed by atoms with Crippen molar-refractivity contribution in [3.63, 3.8) is 0 Å². The topological polar surface area (TPSA) is 129 Å². The van der Waals surface area contributed by atoms with Crippen LogP contribution in [-0.2, 0) is 19.6 Å². The highest BCUT2D eigenvalue weighted by atomic mass is 32.2. The van der Waals surface area contributed by atoms with Crippen molar-refractivity contribution in [2.75, 3.05) is 4.72 Å². The van der Waals surface area contributed by atoms with E-state index in [1.807, 2.05) is 0 Å². The zero-order valence-electron chi connectivity index (χ0n) is 18.3. The van der Waals surface area contributed by atoms with Gasteiger partial charge in [-0.2, -0.15) is 5.10 Å². The first-order chi connectivity index (χ1) is 16.2. The van der Waals surface area contributed by atoms with E-state index in [0.717, 1.165) is 0 Å². The Labute approximate surface area is 196 Å². The van der Waals surface area contributed by atoms with Crippen LogP contribution in [0.5, 0.6) is 0 Å². The summed E-state index contributed by atoms with van der Waals surface area (Å²) in [4.78, 5) is 23.9. The van der Waals surface area contributed by atoms with Gasteiger partial charge in [-0.15, -0.1) is 0 Å². The molecule has 4 rings (SSSR count). The van der Waals surface area contributed by atoms with E-state index in [2.05, 4.69) is 9.82 Å². The highest BCUT2D eigenvalue weighted by Gasteiger charge is 2.36. The fraction of sp³-hybridized carbons (Fsp3) is 0.208. The number of rotatable bonds is 8. The van der Waals surface area contributed by atoms with Gasteiger partial charge in [0.05, 0.1) is 22.7 Å². The van der Waals surface area contributed by atoms with Crippen LogP contribution in [0.2, 0.25) is 0 Å². The molecule has 1 aliphatic rings. The van der Waals surface area contributed by atoms with Gasteiger partial charge in [0, 0.05) is 18.4 Å². The zero-order chi connectivity index (χ0) is 24.3. The number of amides is 1. The number of carboxylic acid groups (broad SMARTS) is 1. The molecule has 0 saturated heterocycles. The smallest absolute Gasteiger partial charge is 0.303 e. The number of hydrazone groups is 1. The predicted molar refractivity (Wildman–Crippen MR) is 125 cm³/mol. The number of sulfonamides is 1. The minimum Gasteiger partial charge on any atom is -0.481 e. The number of furan rings is 1. The number of anilines is 1. The quantitative estimate of drug-likeness (QED) is 0.501. The number of hydrogen-bond donors (Lipinski definition) is 2. The maximum atomic E-state index is 12.9. The van der Waals surface area contributed by atoms with Gasteiger partial charge in [-0.3, -0.25) is 14.3 Å². The van der Waals surface area contributed by atoms with Gasteiger partial charge in [0.1, 0.15) is 17.6 Å². The van der Waals surface area contributed by atoms with Crippen LogP contribution in [0, 0.1) is 6.92 Å². The normalized spacial score (nSPS) is 15.7. The molecule has 0 unspecified atom stereocenters. The average molecular weight is 482 g/mol. The zero-order valence-corrected chi connectivity index (χ0v) is 19.2. The Morgan fingerprint density at radius 2 is 1.76 bits per heavy atom. The number of carboxylic acids is 1. The van der Waals surface area contributed by atoms with E-state index < -0.39 is 27.9 Å². The fourth-order valence-corrected chi connectivity index (χ4v) is 4.81. The van der Waals surface area contributed by atoms with Crippen molar-refractivity contribution in [1.29, 1.82) is 0 Å². The number of aryl methyl sites for hydroxylation is 1. The molecule has 1 aromatic heterocycles. The molecule has 2 N–H and O–H groups in total. The standard InChI is InChI=1S/C24H23N3O6S/c1-16-11-12-22(33-16)21-15-20(25-27(21)23(28)13-14-24(29)30)18-9-5-6-10-19(18)26-34(31,32)17-7-3-2-4-8-17/h2-12,21,26H,13-15H2,1H3,(H,29,30)/t21-/m1/s1. The van der Waals surface area contributed by atoms with Gasteiger partial charge in [0.15, 0.2) is 0 Å². The Morgan fingerprint density at radius 1 is 1.06 bits per heavy atom. The lowest BCUT2D eigenvalue weighted by Crippen LogP contribution is -2.27. The van der Waals surface area contributed by atoms with Crippen molar-refractivity contribution in [3.05, 3.63) is 83.8 Å². The first kappa shape index (κ1) is 23.2. The first-order valence-electron chi connectivity index (χ1n) is 10.6. The molecule has 1 atom stereocenters. The molecule has 1 aliphatic heterocycles. The van der Waals surface area contributed by atoms with Crippen molar-refractivity contribution in [2.45, 2.75) is 37.1 Å². The second-order valence-corrected chi connectivity index (χ2v) is 9.49. The largest absolute Gasteiger partial charge is 0.481 e. The van der Waals surface area contributed by atoms with Gasteiger partial charge in [0.2, 0.25) is 5.91 Å². The average Bonchev–Trinajstić information content (AvgIpc) is 3.44. The van der Waals surface area contributed by atoms with Gasteiger partial charge in [-0.05, 0) is 37.3 Å². The molecule has 176 valence electrons. The number of carbonyl (C=O) groups is 2. The van der Waals surface area contributed by atoms with Crippen LogP contribution in [-0.4, -0.2) is 36.1 Å². The van der Waals surface area contributed by atoms with Crippen molar-refractivity contribution in [3.8, 4) is 0 Å². The SMILES string of the molecule is Cc1ccc([C@H]2CC(c3ccccc3NS(=O)(=O)c3ccccc3)=NN2C(=O)CCC(=O)O)o1. The van der Waals surface area contributed by atoms with Crippen LogP contribution in [0.15, 0.2) is 81.1 Å². The van der Waals surface area contributed by atoms with E-state index >= 15 is 0 Å². The molecule has 2 aromatic carbocycles. The lowest BCUT2D eigenvalue weighted by atomic mass is 10.0. The molecule has 0 fully saturated rings. The van der Waals surface area contributed by atoms with E-state index in [-0.39, 0.29) is 24.2 Å². The number of benzene rings is 2. The third-order valence-corrected chi connectivity index (χ3v) is 6.73. The van der Waals surface area contributed by atoms with E-state index in [9.17, 15) is 18.0 Å². The number of aliphatic carboxylic acids is 1. The Balaban J connectivity index is 1.67. The number of nitrogens with one attached hydrogen (secondary N) is 1. The van der Waals surface area contributed by atoms with E-state index in [1.54, 1.807) is 61.5 Å². The van der Waals surface area contributed by atoms with Crippen molar-refractivity contribution in [1.82, 2.24) is 5.01 Å². The Bertz CT molecular complexity index is 1350. The van der Waals surface area contributed by atoms with Crippen LogP contribution < -0.4 is 4.72 Å². The molecule has 3 aromatic rings. The van der Waals surface area contributed by atoms with Crippen LogP contribution in [0.25, 0.3) is 0 Å². The molecule has 0 radical (unpaired) electrons. The first-order valence-corrected chi connectivity index (χ1v) is 12.1. The second kappa shape index (κ2) is 9.52. The molecule has 0 saturated carbocycles. The molecular weight excluding hydrogens is 458 g/mol. The summed E-state index contributed by atoms with van der Waals surface area (Å²) < 4.78 is 34.1. The molecule has 0 aliphatic carbocycles. The summed E-state index contributed by atoms with van der Waals surface area (Å²) in [5.41, 5.74) is 1.32. The molecule has 0 bridgehead atoms. The minimum atomic E-state index is -3.85. The van der Waals surface area contributed by atoms with E-state index in [1.165, 1.54) is 17.1 Å². The van der Waals surface area contributed by atoms with Crippen LogP contribution in [0.1, 0.15) is 42.4 Å². The third-order valence-electron chi connectivity index (χ3n) is 5.34. The van der Waals surface area contributed by atoms with Crippen molar-refractivity contribution >= 4 is 33.3 Å². The van der Waals surface area contributed by atoms with Gasteiger partial charge in [-0.25, -0.2) is 13.4 Å². The third kappa shape index (κ3) is 5.01. The number of nitrogens with zero attached hydrogens (tertiary/aromatic N) is 2. The van der Waals surface area contributed by atoms with Gasteiger partial charge in [0.25, 0.3) is 10.0 Å². The van der Waals surface area contributed by atoms with E-state index in [4.69, 9.17) is 9.52 Å². The van der Waals surface area contributed by atoms with E-state index in [0.29, 0.717) is 28.5 Å². The summed E-state index contributed by atoms with van der Waals surface area (Å²) in [6.45, 7) is 1.78. The maximum absolute atomic E-state index is 12.9. The highest BCUT2D eigenvalue weighted by Crippen LogP contribution is 2.36. The van der Waals surface area contributed by atoms with Gasteiger partial charge >= 0.3 is 5.97 Å². The lowest BCUT2D eigenvalue weighted by molar-refractivity contribution is -0.141. The minimum absolute atomic E-state index is 0.118. The molecule has 10 heteroatoms. The fourth-order valence-electron chi connectivity index (χ4n) is 3.71. The predicted octanol–water partition coefficient (Wildman–Crippen LogP) is 3.93. The summed E-state index contributed by atoms with van der Waals surface area (Å²) in [6, 6.07) is 17.7. The van der Waals surface area contributed by atoms with Crippen LogP contribution in [0.4, 0.5) is 5.69 Å². The summed E-state index contributed by atoms with van der Waals surface area (Å²) in [5, 5.41) is 14.7. The number of hydrogen-bond acceptors (Lipinski definition) is 6. The molecule has 34 heavy (non-hydrogen) atoms. The van der Waals surface area contributed by atoms with Crippen molar-refractivity contribution in [2.24, 2.45) is 5.10 Å². The Morgan fingerprint density at radius 3 is 2.44 bits per heavy atom. The summed E-state index contributed by atoms with van der Waals surface area (Å²) in [7, 11) is -3.85. The van der Waals surface area contributed by atoms with Crippen LogP contribution in [0.3, 0.4) is 0 Å². The summed E-state index contributed by atoms with van der Waals surface area (Å²) in [6.07, 6.45) is -0.266. The molecule has 2 heterocycles. The maximum Gasteiger partial charge on any atom is 0.303 e. The van der Waals surface area contributed by atoms with Crippen molar-refractivity contribution < 1.29 is 27.5 Å². The lowest BCUT2D eigenvalue weighted by Gasteiger charge is -2.19. The second-order valence-electron chi connectivity index (χ2n) is 7.81. The monoisotopic (exact) mass is 481 g/mol. The van der Waals surface area contributed by atoms with Gasteiger partial charge in [-0.1, -0.05) is 36.4 Å². The van der Waals surface area contributed by atoms with Crippen LogP contribution >= 0.6 is 0 Å². The molecule has 1 amide bonds. The highest BCUT2D eigenvalue weighted by molar-refractivity contribution is 7.92.